The van der Waals surface area contributed by atoms with E-state index in [1.807, 2.05) is 13.8 Å². The van der Waals surface area contributed by atoms with Crippen LogP contribution in [0.15, 0.2) is 23.2 Å². The molecule has 0 aliphatic rings. The van der Waals surface area contributed by atoms with Crippen LogP contribution >= 0.6 is 11.8 Å². The average Bonchev–Trinajstić information content (AvgIpc) is 2.42. The predicted octanol–water partition coefficient (Wildman–Crippen LogP) is 1.60. The number of hydrogen-bond acceptors (Lipinski definition) is 5. The number of hydrogen-bond donors (Lipinski definition) is 2. The number of nitrogens with one attached hydrogen (secondary N) is 1. The molecule has 0 aliphatic carbocycles. The van der Waals surface area contributed by atoms with E-state index in [9.17, 15) is 14.4 Å². The van der Waals surface area contributed by atoms with Gasteiger partial charge in [0.2, 0.25) is 5.91 Å². The number of Topliss-reactive ketones (excluding diaryl/α,β-unsaturated/α-hetero) is 1. The molecule has 0 radical (unpaired) electrons. The second kappa shape index (κ2) is 7.78. The molecule has 6 nitrogen and oxygen atoms in total. The SMILES string of the molecule is CC(=O)C(NC(=O)CSc1ccnc(C(=O)O)c1)C(C)C. The fraction of sp³-hybridized carbons (Fsp3) is 0.429. The van der Waals surface area contributed by atoms with Gasteiger partial charge in [0.1, 0.15) is 5.69 Å². The summed E-state index contributed by atoms with van der Waals surface area (Å²) in [5.41, 5.74) is -0.0656. The number of carbonyl (C=O) groups excluding carboxylic acids is 2. The maximum absolute atomic E-state index is 11.8. The Morgan fingerprint density at radius 1 is 1.38 bits per heavy atom. The van der Waals surface area contributed by atoms with Crippen molar-refractivity contribution in [2.45, 2.75) is 31.7 Å². The van der Waals surface area contributed by atoms with Gasteiger partial charge >= 0.3 is 5.97 Å². The van der Waals surface area contributed by atoms with Gasteiger partial charge in [-0.15, -0.1) is 11.8 Å². The number of amides is 1. The summed E-state index contributed by atoms with van der Waals surface area (Å²) in [7, 11) is 0. The smallest absolute Gasteiger partial charge is 0.354 e. The van der Waals surface area contributed by atoms with Gasteiger partial charge in [-0.05, 0) is 25.0 Å². The lowest BCUT2D eigenvalue weighted by Gasteiger charge is -2.19. The first-order valence-electron chi connectivity index (χ1n) is 6.43. The third-order valence-corrected chi connectivity index (χ3v) is 3.74. The number of rotatable bonds is 7. The summed E-state index contributed by atoms with van der Waals surface area (Å²) in [5.74, 6) is -1.32. The Bertz CT molecular complexity index is 546. The summed E-state index contributed by atoms with van der Waals surface area (Å²) in [5, 5.41) is 11.5. The van der Waals surface area contributed by atoms with Crippen LogP contribution in [0.3, 0.4) is 0 Å². The summed E-state index contributed by atoms with van der Waals surface area (Å²) >= 11 is 1.20. The van der Waals surface area contributed by atoms with Crippen molar-refractivity contribution >= 4 is 29.4 Å². The molecule has 0 saturated carbocycles. The molecule has 1 aromatic heterocycles. The quantitative estimate of drug-likeness (QED) is 0.743. The number of aromatic nitrogens is 1. The molecule has 114 valence electrons. The van der Waals surface area contributed by atoms with E-state index in [0.717, 1.165) is 0 Å². The minimum absolute atomic E-state index is 0.0241. The molecule has 0 spiro atoms. The molecule has 0 bridgehead atoms. The van der Waals surface area contributed by atoms with Crippen molar-refractivity contribution in [3.63, 3.8) is 0 Å². The lowest BCUT2D eigenvalue weighted by Crippen LogP contribution is -2.44. The molecule has 1 aromatic rings. The van der Waals surface area contributed by atoms with E-state index in [2.05, 4.69) is 10.3 Å². The monoisotopic (exact) mass is 310 g/mol. The molecule has 0 saturated heterocycles. The molecule has 2 N–H and O–H groups in total. The van der Waals surface area contributed by atoms with Crippen LogP contribution in [0.5, 0.6) is 0 Å². The van der Waals surface area contributed by atoms with E-state index < -0.39 is 12.0 Å². The Kier molecular flexibility index (Phi) is 6.36. The molecule has 0 aliphatic heterocycles. The summed E-state index contributed by atoms with van der Waals surface area (Å²) in [6.07, 6.45) is 1.39. The van der Waals surface area contributed by atoms with Crippen molar-refractivity contribution in [3.8, 4) is 0 Å². The minimum atomic E-state index is -1.11. The number of nitrogens with zero attached hydrogens (tertiary/aromatic N) is 1. The van der Waals surface area contributed by atoms with Gasteiger partial charge in [0, 0.05) is 11.1 Å². The number of carboxylic acid groups (broad SMARTS) is 1. The molecular formula is C14H18N2O4S. The zero-order chi connectivity index (χ0) is 16.0. The first-order chi connectivity index (χ1) is 9.81. The third kappa shape index (κ3) is 5.55. The first kappa shape index (κ1) is 17.2. The van der Waals surface area contributed by atoms with Crippen molar-refractivity contribution in [2.75, 3.05) is 5.75 Å². The maximum Gasteiger partial charge on any atom is 0.354 e. The van der Waals surface area contributed by atoms with Gasteiger partial charge in [-0.1, -0.05) is 13.8 Å². The van der Waals surface area contributed by atoms with E-state index in [-0.39, 0.29) is 29.1 Å². The van der Waals surface area contributed by atoms with Crippen LogP contribution in [0.25, 0.3) is 0 Å². The molecule has 1 atom stereocenters. The average molecular weight is 310 g/mol. The third-order valence-electron chi connectivity index (χ3n) is 2.74. The van der Waals surface area contributed by atoms with Gasteiger partial charge in [0.05, 0.1) is 11.8 Å². The standard InChI is InChI=1S/C14H18N2O4S/c1-8(2)13(9(3)17)16-12(18)7-21-10-4-5-15-11(6-10)14(19)20/h4-6,8,13H,7H2,1-3H3,(H,16,18)(H,19,20). The van der Waals surface area contributed by atoms with Gasteiger partial charge in [0.15, 0.2) is 5.78 Å². The Labute approximate surface area is 127 Å². The van der Waals surface area contributed by atoms with Crippen LogP contribution in [0.1, 0.15) is 31.3 Å². The van der Waals surface area contributed by atoms with Crippen LogP contribution in [-0.4, -0.2) is 39.5 Å². The lowest BCUT2D eigenvalue weighted by atomic mass is 10.0. The molecular weight excluding hydrogens is 292 g/mol. The van der Waals surface area contributed by atoms with Crippen molar-refractivity contribution in [3.05, 3.63) is 24.0 Å². The normalized spacial score (nSPS) is 12.0. The molecule has 0 aromatic carbocycles. The second-order valence-corrected chi connectivity index (χ2v) is 5.92. The Morgan fingerprint density at radius 2 is 2.05 bits per heavy atom. The molecule has 1 amide bonds. The molecule has 1 heterocycles. The Morgan fingerprint density at radius 3 is 2.57 bits per heavy atom. The number of pyridine rings is 1. The maximum atomic E-state index is 11.8. The van der Waals surface area contributed by atoms with Crippen molar-refractivity contribution in [1.82, 2.24) is 10.3 Å². The predicted molar refractivity (Wildman–Crippen MR) is 79.4 cm³/mol. The highest BCUT2D eigenvalue weighted by Gasteiger charge is 2.20. The highest BCUT2D eigenvalue weighted by molar-refractivity contribution is 8.00. The molecule has 21 heavy (non-hydrogen) atoms. The number of aromatic carboxylic acids is 1. The van der Waals surface area contributed by atoms with Crippen LogP contribution in [0, 0.1) is 5.92 Å². The summed E-state index contributed by atoms with van der Waals surface area (Å²) in [6, 6.07) is 2.55. The zero-order valence-corrected chi connectivity index (χ0v) is 12.9. The van der Waals surface area contributed by atoms with E-state index in [1.165, 1.54) is 30.9 Å². The zero-order valence-electron chi connectivity index (χ0n) is 12.1. The van der Waals surface area contributed by atoms with E-state index in [4.69, 9.17) is 5.11 Å². The molecule has 1 rings (SSSR count). The highest BCUT2D eigenvalue weighted by atomic mass is 32.2. The van der Waals surface area contributed by atoms with Crippen molar-refractivity contribution < 1.29 is 19.5 Å². The Hall–Kier alpha value is -1.89. The topological polar surface area (TPSA) is 96.4 Å². The molecule has 7 heteroatoms. The van der Waals surface area contributed by atoms with E-state index in [1.54, 1.807) is 6.07 Å². The fourth-order valence-electron chi connectivity index (χ4n) is 1.72. The van der Waals surface area contributed by atoms with Gasteiger partial charge in [0.25, 0.3) is 0 Å². The number of thioether (sulfide) groups is 1. The highest BCUT2D eigenvalue weighted by Crippen LogP contribution is 2.18. The number of ketones is 1. The fourth-order valence-corrected chi connectivity index (χ4v) is 2.45. The largest absolute Gasteiger partial charge is 0.477 e. The van der Waals surface area contributed by atoms with Crippen LogP contribution < -0.4 is 5.32 Å². The second-order valence-electron chi connectivity index (χ2n) is 4.87. The Balaban J connectivity index is 2.58. The minimum Gasteiger partial charge on any atom is -0.477 e. The summed E-state index contributed by atoms with van der Waals surface area (Å²) in [6.45, 7) is 5.17. The van der Waals surface area contributed by atoms with E-state index >= 15 is 0 Å². The van der Waals surface area contributed by atoms with Gasteiger partial charge in [-0.3, -0.25) is 9.59 Å². The summed E-state index contributed by atoms with van der Waals surface area (Å²) in [4.78, 5) is 38.4. The summed E-state index contributed by atoms with van der Waals surface area (Å²) < 4.78 is 0. The van der Waals surface area contributed by atoms with E-state index in [0.29, 0.717) is 4.90 Å². The van der Waals surface area contributed by atoms with Gasteiger partial charge < -0.3 is 10.4 Å². The van der Waals surface area contributed by atoms with Crippen molar-refractivity contribution in [2.24, 2.45) is 5.92 Å². The van der Waals surface area contributed by atoms with Gasteiger partial charge in [-0.2, -0.15) is 0 Å². The number of carbonyl (C=O) groups is 3. The lowest BCUT2D eigenvalue weighted by molar-refractivity contribution is -0.126. The number of carboxylic acids is 1. The van der Waals surface area contributed by atoms with Crippen LogP contribution in [-0.2, 0) is 9.59 Å². The van der Waals surface area contributed by atoms with Crippen molar-refractivity contribution in [1.29, 1.82) is 0 Å². The molecule has 1 unspecified atom stereocenters. The van der Waals surface area contributed by atoms with Gasteiger partial charge in [-0.25, -0.2) is 9.78 Å². The van der Waals surface area contributed by atoms with Crippen LogP contribution in [0.4, 0.5) is 0 Å². The van der Waals surface area contributed by atoms with Crippen LogP contribution in [0.2, 0.25) is 0 Å². The molecule has 0 fully saturated rings. The first-order valence-corrected chi connectivity index (χ1v) is 7.41.